The van der Waals surface area contributed by atoms with Crippen LogP contribution in [0.4, 0.5) is 0 Å². The van der Waals surface area contributed by atoms with Crippen LogP contribution in [0.2, 0.25) is 0 Å². The number of likely N-dealkylation sites (tertiary alicyclic amines) is 1. The summed E-state index contributed by atoms with van der Waals surface area (Å²) in [5.41, 5.74) is 1.94. The lowest BCUT2D eigenvalue weighted by molar-refractivity contribution is 0.0900. The first-order valence-electron chi connectivity index (χ1n) is 7.86. The molecule has 1 aromatic heterocycles. The Morgan fingerprint density at radius 3 is 2.61 bits per heavy atom. The number of rotatable bonds is 4. The van der Waals surface area contributed by atoms with Crippen LogP contribution in [0.15, 0.2) is 41.3 Å². The minimum atomic E-state index is -0.0311. The number of carbonyl (C=O) groups excluding carboxylic acids is 1. The van der Waals surface area contributed by atoms with E-state index in [1.54, 1.807) is 17.1 Å². The van der Waals surface area contributed by atoms with E-state index in [0.29, 0.717) is 5.69 Å². The Kier molecular flexibility index (Phi) is 5.13. The van der Waals surface area contributed by atoms with E-state index < -0.39 is 0 Å². The van der Waals surface area contributed by atoms with Gasteiger partial charge in [0, 0.05) is 37.2 Å². The van der Waals surface area contributed by atoms with Crippen molar-refractivity contribution in [3.8, 4) is 0 Å². The summed E-state index contributed by atoms with van der Waals surface area (Å²) in [6, 6.07) is 8.71. The van der Waals surface area contributed by atoms with Crippen LogP contribution in [0, 0.1) is 0 Å². The molecule has 1 fully saturated rings. The average Bonchev–Trinajstić information content (AvgIpc) is 2.98. The third-order valence-electron chi connectivity index (χ3n) is 4.29. The Morgan fingerprint density at radius 2 is 2.00 bits per heavy atom. The number of aryl methyl sites for hydroxylation is 1. The molecule has 0 atom stereocenters. The van der Waals surface area contributed by atoms with E-state index in [1.165, 1.54) is 5.56 Å². The monoisotopic (exact) mass is 376 g/mol. The Hall–Kier alpha value is -1.66. The smallest absolute Gasteiger partial charge is 0.269 e. The SMILES string of the molecule is Cn1cncc1C(=O)NC1CCN(Cc2ccc(Br)cc2)CC1. The first-order chi connectivity index (χ1) is 11.1. The van der Waals surface area contributed by atoms with Crippen LogP contribution in [0.3, 0.4) is 0 Å². The number of hydrogen-bond acceptors (Lipinski definition) is 3. The van der Waals surface area contributed by atoms with Crippen LogP contribution in [-0.4, -0.2) is 39.5 Å². The molecule has 1 saturated heterocycles. The predicted molar refractivity (Wildman–Crippen MR) is 93.1 cm³/mol. The lowest BCUT2D eigenvalue weighted by Gasteiger charge is -2.32. The number of aromatic nitrogens is 2. The van der Waals surface area contributed by atoms with E-state index in [0.717, 1.165) is 36.9 Å². The summed E-state index contributed by atoms with van der Waals surface area (Å²) in [5, 5.41) is 3.12. The number of halogens is 1. The van der Waals surface area contributed by atoms with Gasteiger partial charge in [-0.05, 0) is 30.5 Å². The molecule has 0 unspecified atom stereocenters. The molecule has 5 nitrogen and oxygen atoms in total. The van der Waals surface area contributed by atoms with Crippen LogP contribution < -0.4 is 5.32 Å². The highest BCUT2D eigenvalue weighted by atomic mass is 79.9. The summed E-state index contributed by atoms with van der Waals surface area (Å²) in [6.07, 6.45) is 5.23. The number of piperidine rings is 1. The largest absolute Gasteiger partial charge is 0.348 e. The highest BCUT2D eigenvalue weighted by Crippen LogP contribution is 2.16. The molecule has 2 aromatic rings. The van der Waals surface area contributed by atoms with Crippen LogP contribution in [-0.2, 0) is 13.6 Å². The number of hydrogen-bond donors (Lipinski definition) is 1. The molecule has 0 aliphatic carbocycles. The third-order valence-corrected chi connectivity index (χ3v) is 4.82. The summed E-state index contributed by atoms with van der Waals surface area (Å²) in [4.78, 5) is 18.6. The molecule has 2 heterocycles. The normalized spacial score (nSPS) is 16.4. The zero-order valence-electron chi connectivity index (χ0n) is 13.2. The minimum Gasteiger partial charge on any atom is -0.348 e. The van der Waals surface area contributed by atoms with Gasteiger partial charge in [0.05, 0.1) is 12.5 Å². The van der Waals surface area contributed by atoms with E-state index in [9.17, 15) is 4.79 Å². The van der Waals surface area contributed by atoms with Crippen molar-refractivity contribution in [1.82, 2.24) is 19.8 Å². The maximum Gasteiger partial charge on any atom is 0.269 e. The first kappa shape index (κ1) is 16.2. The molecule has 1 amide bonds. The van der Waals surface area contributed by atoms with Gasteiger partial charge in [-0.2, -0.15) is 0 Å². The van der Waals surface area contributed by atoms with E-state index in [-0.39, 0.29) is 11.9 Å². The van der Waals surface area contributed by atoms with Gasteiger partial charge in [0.1, 0.15) is 5.69 Å². The second-order valence-electron chi connectivity index (χ2n) is 6.04. The molecule has 1 aliphatic rings. The molecule has 1 aliphatic heterocycles. The summed E-state index contributed by atoms with van der Waals surface area (Å²) < 4.78 is 2.86. The summed E-state index contributed by atoms with van der Waals surface area (Å²) in [7, 11) is 1.84. The van der Waals surface area contributed by atoms with Crippen LogP contribution >= 0.6 is 15.9 Å². The molecule has 23 heavy (non-hydrogen) atoms. The number of carbonyl (C=O) groups is 1. The van der Waals surface area contributed by atoms with Crippen molar-refractivity contribution in [2.75, 3.05) is 13.1 Å². The minimum absolute atomic E-state index is 0.0311. The second-order valence-corrected chi connectivity index (χ2v) is 6.96. The fraction of sp³-hybridized carbons (Fsp3) is 0.412. The number of amides is 1. The van der Waals surface area contributed by atoms with E-state index in [4.69, 9.17) is 0 Å². The number of nitrogens with one attached hydrogen (secondary N) is 1. The first-order valence-corrected chi connectivity index (χ1v) is 8.65. The van der Waals surface area contributed by atoms with E-state index in [1.807, 2.05) is 7.05 Å². The van der Waals surface area contributed by atoms with Crippen LogP contribution in [0.5, 0.6) is 0 Å². The Bertz CT molecular complexity index is 659. The summed E-state index contributed by atoms with van der Waals surface area (Å²) >= 11 is 3.46. The van der Waals surface area contributed by atoms with E-state index >= 15 is 0 Å². The predicted octanol–water partition coefficient (Wildman–Crippen LogP) is 2.58. The lowest BCUT2D eigenvalue weighted by Crippen LogP contribution is -2.44. The molecule has 0 radical (unpaired) electrons. The van der Waals surface area contributed by atoms with Crippen molar-refractivity contribution in [2.24, 2.45) is 7.05 Å². The van der Waals surface area contributed by atoms with Crippen molar-refractivity contribution >= 4 is 21.8 Å². The second kappa shape index (κ2) is 7.27. The Balaban J connectivity index is 1.48. The van der Waals surface area contributed by atoms with Crippen LogP contribution in [0.25, 0.3) is 0 Å². The highest BCUT2D eigenvalue weighted by Gasteiger charge is 2.22. The van der Waals surface area contributed by atoms with Crippen molar-refractivity contribution in [3.05, 3.63) is 52.5 Å². The number of benzene rings is 1. The zero-order chi connectivity index (χ0) is 16.2. The summed E-state index contributed by atoms with van der Waals surface area (Å²) in [6.45, 7) is 2.98. The van der Waals surface area contributed by atoms with Gasteiger partial charge in [-0.1, -0.05) is 28.1 Å². The maximum atomic E-state index is 12.2. The van der Waals surface area contributed by atoms with Gasteiger partial charge in [-0.25, -0.2) is 4.98 Å². The number of nitrogens with zero attached hydrogens (tertiary/aromatic N) is 3. The fourth-order valence-corrected chi connectivity index (χ4v) is 3.18. The topological polar surface area (TPSA) is 50.2 Å². The highest BCUT2D eigenvalue weighted by molar-refractivity contribution is 9.10. The van der Waals surface area contributed by atoms with Gasteiger partial charge in [-0.15, -0.1) is 0 Å². The standard InChI is InChI=1S/C17H21BrN4O/c1-21-12-19-10-16(21)17(23)20-15-6-8-22(9-7-15)11-13-2-4-14(18)5-3-13/h2-5,10,12,15H,6-9,11H2,1H3,(H,20,23). The third kappa shape index (κ3) is 4.20. The van der Waals surface area contributed by atoms with Gasteiger partial charge in [0.25, 0.3) is 5.91 Å². The van der Waals surface area contributed by atoms with Gasteiger partial charge in [0.15, 0.2) is 0 Å². The molecule has 0 spiro atoms. The molecule has 0 saturated carbocycles. The fourth-order valence-electron chi connectivity index (χ4n) is 2.92. The van der Waals surface area contributed by atoms with Crippen LogP contribution in [0.1, 0.15) is 28.9 Å². The zero-order valence-corrected chi connectivity index (χ0v) is 14.8. The molecule has 6 heteroatoms. The Labute approximate surface area is 144 Å². The Morgan fingerprint density at radius 1 is 1.30 bits per heavy atom. The van der Waals surface area contributed by atoms with E-state index in [2.05, 4.69) is 55.4 Å². The molecule has 1 N–H and O–H groups in total. The van der Waals surface area contributed by atoms with Crippen molar-refractivity contribution in [2.45, 2.75) is 25.4 Å². The van der Waals surface area contributed by atoms with Crippen molar-refractivity contribution in [1.29, 1.82) is 0 Å². The molecular weight excluding hydrogens is 356 g/mol. The molecule has 122 valence electrons. The molecule has 1 aromatic carbocycles. The lowest BCUT2D eigenvalue weighted by atomic mass is 10.0. The van der Waals surface area contributed by atoms with Crippen molar-refractivity contribution < 1.29 is 4.79 Å². The summed E-state index contributed by atoms with van der Waals surface area (Å²) in [5.74, 6) is -0.0311. The molecule has 0 bridgehead atoms. The average molecular weight is 377 g/mol. The van der Waals surface area contributed by atoms with Crippen molar-refractivity contribution in [3.63, 3.8) is 0 Å². The van der Waals surface area contributed by atoms with Gasteiger partial charge < -0.3 is 9.88 Å². The molecule has 3 rings (SSSR count). The quantitative estimate of drug-likeness (QED) is 0.891. The van der Waals surface area contributed by atoms with Gasteiger partial charge in [-0.3, -0.25) is 9.69 Å². The molecular formula is C17H21BrN4O. The maximum absolute atomic E-state index is 12.2. The van der Waals surface area contributed by atoms with Gasteiger partial charge >= 0.3 is 0 Å². The number of imidazole rings is 1. The van der Waals surface area contributed by atoms with Gasteiger partial charge in [0.2, 0.25) is 0 Å².